The summed E-state index contributed by atoms with van der Waals surface area (Å²) in [5.74, 6) is 1.56. The van der Waals surface area contributed by atoms with Crippen molar-refractivity contribution in [2.24, 2.45) is 0 Å². The van der Waals surface area contributed by atoms with Crippen LogP contribution in [0.2, 0.25) is 0 Å². The van der Waals surface area contributed by atoms with Gasteiger partial charge in [-0.25, -0.2) is 4.79 Å². The number of hydrogen-bond acceptors (Lipinski definition) is 3. The van der Waals surface area contributed by atoms with Crippen molar-refractivity contribution >= 4 is 22.6 Å². The van der Waals surface area contributed by atoms with Gasteiger partial charge in [0.15, 0.2) is 0 Å². The van der Waals surface area contributed by atoms with Gasteiger partial charge in [-0.3, -0.25) is 4.79 Å². The minimum atomic E-state index is -1.06. The standard InChI is InChI=1S/C14H12N2O3/c1-2-5-11(14(18)19)15-12-8-9-6-3-4-7-10(9)13(17)16-12/h1,3-4,6-8,11H,5H2,(H,18,19)(H2,15,16,17). The van der Waals surface area contributed by atoms with Crippen LogP contribution in [0.15, 0.2) is 35.1 Å². The van der Waals surface area contributed by atoms with Gasteiger partial charge in [-0.05, 0) is 17.5 Å². The van der Waals surface area contributed by atoms with E-state index in [2.05, 4.69) is 16.2 Å². The molecule has 0 saturated heterocycles. The van der Waals surface area contributed by atoms with E-state index in [9.17, 15) is 9.59 Å². The Morgan fingerprint density at radius 2 is 2.21 bits per heavy atom. The van der Waals surface area contributed by atoms with Gasteiger partial charge in [-0.1, -0.05) is 18.2 Å². The second kappa shape index (κ2) is 5.27. The molecule has 1 aromatic heterocycles. The van der Waals surface area contributed by atoms with E-state index in [1.807, 2.05) is 6.07 Å². The maximum Gasteiger partial charge on any atom is 0.327 e. The van der Waals surface area contributed by atoms with Gasteiger partial charge in [0.1, 0.15) is 11.9 Å². The van der Waals surface area contributed by atoms with E-state index >= 15 is 0 Å². The summed E-state index contributed by atoms with van der Waals surface area (Å²) in [6.07, 6.45) is 5.15. The van der Waals surface area contributed by atoms with Crippen molar-refractivity contribution < 1.29 is 9.90 Å². The minimum absolute atomic E-state index is 0.0319. The molecule has 1 unspecified atom stereocenters. The lowest BCUT2D eigenvalue weighted by molar-refractivity contribution is -0.137. The molecule has 1 aromatic carbocycles. The molecule has 1 atom stereocenters. The number of carboxylic acid groups (broad SMARTS) is 1. The van der Waals surface area contributed by atoms with Crippen molar-refractivity contribution in [1.82, 2.24) is 4.98 Å². The number of aromatic nitrogens is 1. The van der Waals surface area contributed by atoms with Crippen LogP contribution < -0.4 is 10.9 Å². The Balaban J connectivity index is 2.38. The Hall–Kier alpha value is -2.74. The summed E-state index contributed by atoms with van der Waals surface area (Å²) >= 11 is 0. The fourth-order valence-electron chi connectivity index (χ4n) is 1.79. The lowest BCUT2D eigenvalue weighted by atomic mass is 10.1. The lowest BCUT2D eigenvalue weighted by Gasteiger charge is -2.13. The summed E-state index contributed by atoms with van der Waals surface area (Å²) in [7, 11) is 0. The molecular formula is C14H12N2O3. The molecule has 2 aromatic rings. The predicted octanol–water partition coefficient (Wildman–Crippen LogP) is 1.42. The summed E-state index contributed by atoms with van der Waals surface area (Å²) in [6.45, 7) is 0. The van der Waals surface area contributed by atoms with Crippen molar-refractivity contribution in [2.45, 2.75) is 12.5 Å². The molecule has 0 aliphatic heterocycles. The Labute approximate surface area is 109 Å². The maximum absolute atomic E-state index is 11.8. The van der Waals surface area contributed by atoms with Gasteiger partial charge < -0.3 is 15.4 Å². The molecule has 0 saturated carbocycles. The lowest BCUT2D eigenvalue weighted by Crippen LogP contribution is -2.30. The summed E-state index contributed by atoms with van der Waals surface area (Å²) in [5, 5.41) is 13.0. The van der Waals surface area contributed by atoms with Gasteiger partial charge in [-0.15, -0.1) is 12.3 Å². The van der Waals surface area contributed by atoms with Crippen LogP contribution in [-0.2, 0) is 4.79 Å². The molecule has 5 nitrogen and oxygen atoms in total. The van der Waals surface area contributed by atoms with Crippen molar-refractivity contribution in [2.75, 3.05) is 5.32 Å². The van der Waals surface area contributed by atoms with Crippen LogP contribution in [-0.4, -0.2) is 22.1 Å². The zero-order chi connectivity index (χ0) is 13.8. The van der Waals surface area contributed by atoms with Crippen molar-refractivity contribution in [1.29, 1.82) is 0 Å². The van der Waals surface area contributed by atoms with Crippen LogP contribution >= 0.6 is 0 Å². The SMILES string of the molecule is C#CCC(Nc1cc2ccccc2c(=O)[nH]1)C(=O)O. The number of aromatic amines is 1. The van der Waals surface area contributed by atoms with E-state index in [-0.39, 0.29) is 12.0 Å². The van der Waals surface area contributed by atoms with E-state index in [1.165, 1.54) is 0 Å². The van der Waals surface area contributed by atoms with E-state index in [0.717, 1.165) is 5.39 Å². The van der Waals surface area contributed by atoms with Crippen LogP contribution in [0.3, 0.4) is 0 Å². The van der Waals surface area contributed by atoms with Gasteiger partial charge in [0, 0.05) is 11.8 Å². The summed E-state index contributed by atoms with van der Waals surface area (Å²) in [6, 6.07) is 7.82. The average molecular weight is 256 g/mol. The molecule has 0 spiro atoms. The highest BCUT2D eigenvalue weighted by Gasteiger charge is 2.16. The molecule has 96 valence electrons. The molecule has 2 rings (SSSR count). The predicted molar refractivity (Wildman–Crippen MR) is 73.1 cm³/mol. The first-order chi connectivity index (χ1) is 9.11. The van der Waals surface area contributed by atoms with E-state index < -0.39 is 12.0 Å². The number of hydrogen-bond donors (Lipinski definition) is 3. The normalized spacial score (nSPS) is 11.7. The fourth-order valence-corrected chi connectivity index (χ4v) is 1.79. The first-order valence-corrected chi connectivity index (χ1v) is 5.66. The molecule has 0 radical (unpaired) electrons. The number of carboxylic acids is 1. The largest absolute Gasteiger partial charge is 0.480 e. The van der Waals surface area contributed by atoms with E-state index in [4.69, 9.17) is 11.5 Å². The number of rotatable bonds is 4. The third kappa shape index (κ3) is 2.75. The van der Waals surface area contributed by atoms with Crippen molar-refractivity contribution in [3.63, 3.8) is 0 Å². The minimum Gasteiger partial charge on any atom is -0.480 e. The first-order valence-electron chi connectivity index (χ1n) is 5.66. The molecule has 0 amide bonds. The Bertz CT molecular complexity index is 712. The van der Waals surface area contributed by atoms with Gasteiger partial charge in [0.2, 0.25) is 0 Å². The Morgan fingerprint density at radius 3 is 2.89 bits per heavy atom. The quantitative estimate of drug-likeness (QED) is 0.722. The number of fused-ring (bicyclic) bond motifs is 1. The van der Waals surface area contributed by atoms with Crippen LogP contribution in [0.25, 0.3) is 10.8 Å². The zero-order valence-corrected chi connectivity index (χ0v) is 10.0. The monoisotopic (exact) mass is 256 g/mol. The van der Waals surface area contributed by atoms with E-state index in [1.54, 1.807) is 24.3 Å². The number of carbonyl (C=O) groups is 1. The van der Waals surface area contributed by atoms with Crippen molar-refractivity contribution in [3.8, 4) is 12.3 Å². The molecule has 3 N–H and O–H groups in total. The number of nitrogens with one attached hydrogen (secondary N) is 2. The fraction of sp³-hybridized carbons (Fsp3) is 0.143. The topological polar surface area (TPSA) is 82.2 Å². The average Bonchev–Trinajstić information content (AvgIpc) is 2.38. The summed E-state index contributed by atoms with van der Waals surface area (Å²) in [4.78, 5) is 25.4. The van der Waals surface area contributed by atoms with Crippen LogP contribution in [0.1, 0.15) is 6.42 Å². The number of anilines is 1. The molecule has 5 heteroatoms. The molecule has 0 aliphatic rings. The molecule has 0 aliphatic carbocycles. The summed E-state index contributed by atoms with van der Waals surface area (Å²) in [5.41, 5.74) is -0.273. The van der Waals surface area contributed by atoms with Gasteiger partial charge in [0.25, 0.3) is 5.56 Å². The highest BCUT2D eigenvalue weighted by atomic mass is 16.4. The van der Waals surface area contributed by atoms with Crippen LogP contribution in [0, 0.1) is 12.3 Å². The Morgan fingerprint density at radius 1 is 1.47 bits per heavy atom. The zero-order valence-electron chi connectivity index (χ0n) is 10.0. The number of H-pyrrole nitrogens is 1. The molecule has 0 bridgehead atoms. The summed E-state index contributed by atoms with van der Waals surface area (Å²) < 4.78 is 0. The number of aliphatic carboxylic acids is 1. The van der Waals surface area contributed by atoms with Gasteiger partial charge in [-0.2, -0.15) is 0 Å². The molecule has 1 heterocycles. The molecule has 19 heavy (non-hydrogen) atoms. The third-order valence-corrected chi connectivity index (χ3v) is 2.70. The number of benzene rings is 1. The maximum atomic E-state index is 11.8. The second-order valence-corrected chi connectivity index (χ2v) is 4.04. The van der Waals surface area contributed by atoms with Gasteiger partial charge >= 0.3 is 5.97 Å². The number of pyridine rings is 1. The molecular weight excluding hydrogens is 244 g/mol. The highest BCUT2D eigenvalue weighted by Crippen LogP contribution is 2.13. The van der Waals surface area contributed by atoms with Crippen LogP contribution in [0.4, 0.5) is 5.82 Å². The highest BCUT2D eigenvalue weighted by molar-refractivity contribution is 5.84. The first kappa shape index (κ1) is 12.7. The van der Waals surface area contributed by atoms with E-state index in [0.29, 0.717) is 11.2 Å². The Kier molecular flexibility index (Phi) is 3.53. The third-order valence-electron chi connectivity index (χ3n) is 2.70. The van der Waals surface area contributed by atoms with Gasteiger partial charge in [0.05, 0.1) is 0 Å². The number of terminal acetylenes is 1. The smallest absolute Gasteiger partial charge is 0.327 e. The molecule has 0 fully saturated rings. The van der Waals surface area contributed by atoms with Crippen molar-refractivity contribution in [3.05, 3.63) is 40.7 Å². The second-order valence-electron chi connectivity index (χ2n) is 4.04. The van der Waals surface area contributed by atoms with Crippen LogP contribution in [0.5, 0.6) is 0 Å².